The molecule has 0 unspecified atom stereocenters. The number of hydrogen-bond donors (Lipinski definition) is 0. The quantitative estimate of drug-likeness (QED) is 0.802. The van der Waals surface area contributed by atoms with Gasteiger partial charge in [-0.3, -0.25) is 4.79 Å². The van der Waals surface area contributed by atoms with Crippen molar-refractivity contribution in [3.63, 3.8) is 0 Å². The van der Waals surface area contributed by atoms with E-state index < -0.39 is 5.41 Å². The van der Waals surface area contributed by atoms with Gasteiger partial charge in [0.05, 0.1) is 17.0 Å². The molecule has 94 valence electrons. The van der Waals surface area contributed by atoms with Gasteiger partial charge in [0.15, 0.2) is 0 Å². The lowest BCUT2D eigenvalue weighted by Gasteiger charge is -2.21. The Kier molecular flexibility index (Phi) is 4.51. The lowest BCUT2D eigenvalue weighted by Crippen LogP contribution is -2.32. The van der Waals surface area contributed by atoms with Crippen LogP contribution >= 0.6 is 15.9 Å². The van der Waals surface area contributed by atoms with Gasteiger partial charge in [-0.25, -0.2) is 4.98 Å². The van der Waals surface area contributed by atoms with Gasteiger partial charge in [0, 0.05) is 6.20 Å². The summed E-state index contributed by atoms with van der Waals surface area (Å²) in [4.78, 5) is 15.6. The molecule has 5 heteroatoms. The van der Waals surface area contributed by atoms with E-state index >= 15 is 0 Å². The molecule has 17 heavy (non-hydrogen) atoms. The molecule has 0 N–H and O–H groups in total. The zero-order valence-electron chi connectivity index (χ0n) is 10.4. The van der Waals surface area contributed by atoms with E-state index in [2.05, 4.69) is 20.9 Å². The smallest absolute Gasteiger partial charge is 0.314 e. The Labute approximate surface area is 109 Å². The fraction of sp³-hybridized carbons (Fsp3) is 0.500. The third-order valence-electron chi connectivity index (χ3n) is 2.25. The maximum Gasteiger partial charge on any atom is 0.314 e. The van der Waals surface area contributed by atoms with Gasteiger partial charge >= 0.3 is 5.97 Å². The molecule has 0 radical (unpaired) electrons. The summed E-state index contributed by atoms with van der Waals surface area (Å²) >= 11 is 3.37. The van der Waals surface area contributed by atoms with Crippen LogP contribution in [0.1, 0.15) is 19.4 Å². The summed E-state index contributed by atoms with van der Waals surface area (Å²) in [7, 11) is 1.37. The van der Waals surface area contributed by atoms with Crippen molar-refractivity contribution in [2.75, 3.05) is 13.7 Å². The molecule has 1 aromatic rings. The first-order chi connectivity index (χ1) is 7.86. The number of pyridine rings is 1. The van der Waals surface area contributed by atoms with Crippen LogP contribution in [0.3, 0.4) is 0 Å². The number of carbonyl (C=O) groups excluding carboxylic acids is 1. The van der Waals surface area contributed by atoms with E-state index in [1.807, 2.05) is 13.0 Å². The molecule has 0 fully saturated rings. The summed E-state index contributed by atoms with van der Waals surface area (Å²) in [6.45, 7) is 5.69. The van der Waals surface area contributed by atoms with Gasteiger partial charge < -0.3 is 9.47 Å². The second-order valence-electron chi connectivity index (χ2n) is 4.46. The van der Waals surface area contributed by atoms with Crippen LogP contribution in [0.2, 0.25) is 0 Å². The predicted molar refractivity (Wildman–Crippen MR) is 68.0 cm³/mol. The van der Waals surface area contributed by atoms with Crippen molar-refractivity contribution >= 4 is 21.9 Å². The predicted octanol–water partition coefficient (Wildman–Crippen LogP) is 2.73. The highest BCUT2D eigenvalue weighted by atomic mass is 79.9. The van der Waals surface area contributed by atoms with Crippen LogP contribution in [-0.2, 0) is 9.53 Å². The number of hydrogen-bond acceptors (Lipinski definition) is 4. The van der Waals surface area contributed by atoms with Gasteiger partial charge in [0.25, 0.3) is 0 Å². The molecule has 4 nitrogen and oxygen atoms in total. The van der Waals surface area contributed by atoms with Gasteiger partial charge in [-0.15, -0.1) is 0 Å². The number of rotatable bonds is 4. The van der Waals surface area contributed by atoms with Crippen molar-refractivity contribution in [2.24, 2.45) is 5.41 Å². The van der Waals surface area contributed by atoms with Crippen LogP contribution in [0.25, 0.3) is 0 Å². The van der Waals surface area contributed by atoms with E-state index in [4.69, 9.17) is 9.47 Å². The molecule has 0 aromatic carbocycles. The van der Waals surface area contributed by atoms with Crippen molar-refractivity contribution in [1.29, 1.82) is 0 Å². The molecule has 0 saturated heterocycles. The first kappa shape index (κ1) is 14.0. The van der Waals surface area contributed by atoms with Gasteiger partial charge in [-0.05, 0) is 48.3 Å². The van der Waals surface area contributed by atoms with E-state index in [1.165, 1.54) is 7.11 Å². The van der Waals surface area contributed by atoms with E-state index in [1.54, 1.807) is 20.0 Å². The minimum Gasteiger partial charge on any atom is -0.476 e. The van der Waals surface area contributed by atoms with E-state index in [0.29, 0.717) is 5.88 Å². The monoisotopic (exact) mass is 301 g/mol. The SMILES string of the molecule is COC(=O)C(C)(C)COc1ncc(C)cc1Br. The first-order valence-electron chi connectivity index (χ1n) is 5.20. The highest BCUT2D eigenvalue weighted by Crippen LogP contribution is 2.25. The second kappa shape index (κ2) is 5.49. The Balaban J connectivity index is 2.70. The highest BCUT2D eigenvalue weighted by Gasteiger charge is 2.30. The first-order valence-corrected chi connectivity index (χ1v) is 5.99. The number of carbonyl (C=O) groups is 1. The third kappa shape index (κ3) is 3.70. The molecule has 0 atom stereocenters. The molecule has 1 aromatic heterocycles. The maximum atomic E-state index is 11.5. The molecule has 0 aliphatic heterocycles. The van der Waals surface area contributed by atoms with Crippen LogP contribution < -0.4 is 4.74 Å². The number of methoxy groups -OCH3 is 1. The molecule has 0 aliphatic carbocycles. The fourth-order valence-corrected chi connectivity index (χ4v) is 1.79. The zero-order valence-corrected chi connectivity index (χ0v) is 12.0. The van der Waals surface area contributed by atoms with Gasteiger partial charge in [-0.1, -0.05) is 0 Å². The van der Waals surface area contributed by atoms with Gasteiger partial charge in [0.1, 0.15) is 6.61 Å². The molecular formula is C12H16BrNO3. The van der Waals surface area contributed by atoms with Crippen LogP contribution in [0.4, 0.5) is 0 Å². The summed E-state index contributed by atoms with van der Waals surface area (Å²) in [6.07, 6.45) is 1.71. The lowest BCUT2D eigenvalue weighted by atomic mass is 9.95. The van der Waals surface area contributed by atoms with Crippen LogP contribution in [-0.4, -0.2) is 24.7 Å². The molecule has 0 bridgehead atoms. The molecule has 0 aliphatic rings. The molecule has 0 spiro atoms. The van der Waals surface area contributed by atoms with Gasteiger partial charge in [-0.2, -0.15) is 0 Å². The number of esters is 1. The summed E-state index contributed by atoms with van der Waals surface area (Å²) < 4.78 is 11.0. The lowest BCUT2D eigenvalue weighted by molar-refractivity contribution is -0.152. The molecular weight excluding hydrogens is 286 g/mol. The van der Waals surface area contributed by atoms with Crippen molar-refractivity contribution in [2.45, 2.75) is 20.8 Å². The fourth-order valence-electron chi connectivity index (χ4n) is 1.21. The van der Waals surface area contributed by atoms with Gasteiger partial charge in [0.2, 0.25) is 5.88 Å². The van der Waals surface area contributed by atoms with Crippen LogP contribution in [0, 0.1) is 12.3 Å². The van der Waals surface area contributed by atoms with E-state index in [9.17, 15) is 4.79 Å². The van der Waals surface area contributed by atoms with Crippen molar-refractivity contribution in [3.8, 4) is 5.88 Å². The Morgan fingerprint density at radius 3 is 2.71 bits per heavy atom. The minimum absolute atomic E-state index is 0.217. The normalized spacial score (nSPS) is 11.1. The van der Waals surface area contributed by atoms with Crippen LogP contribution in [0.15, 0.2) is 16.7 Å². The number of nitrogens with zero attached hydrogens (tertiary/aromatic N) is 1. The Morgan fingerprint density at radius 2 is 2.18 bits per heavy atom. The Bertz CT molecular complexity index is 418. The van der Waals surface area contributed by atoms with E-state index in [-0.39, 0.29) is 12.6 Å². The summed E-state index contributed by atoms with van der Waals surface area (Å²) in [5.74, 6) is 0.174. The van der Waals surface area contributed by atoms with Crippen molar-refractivity contribution in [3.05, 3.63) is 22.3 Å². The van der Waals surface area contributed by atoms with Crippen molar-refractivity contribution in [1.82, 2.24) is 4.98 Å². The molecule has 0 amide bonds. The highest BCUT2D eigenvalue weighted by molar-refractivity contribution is 9.10. The summed E-state index contributed by atoms with van der Waals surface area (Å²) in [5.41, 5.74) is 0.345. The van der Waals surface area contributed by atoms with E-state index in [0.717, 1.165) is 10.0 Å². The summed E-state index contributed by atoms with van der Waals surface area (Å²) in [5, 5.41) is 0. The van der Waals surface area contributed by atoms with Crippen LogP contribution in [0.5, 0.6) is 5.88 Å². The topological polar surface area (TPSA) is 48.4 Å². The Hall–Kier alpha value is -1.10. The third-order valence-corrected chi connectivity index (χ3v) is 2.82. The number of halogens is 1. The Morgan fingerprint density at radius 1 is 1.53 bits per heavy atom. The van der Waals surface area contributed by atoms with Crippen molar-refractivity contribution < 1.29 is 14.3 Å². The number of aryl methyl sites for hydroxylation is 1. The summed E-state index contributed by atoms with van der Waals surface area (Å²) in [6, 6.07) is 1.91. The molecule has 0 saturated carbocycles. The largest absolute Gasteiger partial charge is 0.476 e. The number of aromatic nitrogens is 1. The zero-order chi connectivity index (χ0) is 13.1. The maximum absolute atomic E-state index is 11.5. The average Bonchev–Trinajstić information content (AvgIpc) is 2.26. The minimum atomic E-state index is -0.694. The average molecular weight is 302 g/mol. The molecule has 1 rings (SSSR count). The second-order valence-corrected chi connectivity index (χ2v) is 5.32. The molecule has 1 heterocycles. The standard InChI is InChI=1S/C12H16BrNO3/c1-8-5-9(13)10(14-6-8)17-7-12(2,3)11(15)16-4/h5-6H,7H2,1-4H3. The number of ether oxygens (including phenoxy) is 2.